The maximum atomic E-state index is 9.20. The van der Waals surface area contributed by atoms with Crippen LogP contribution in [0.15, 0.2) is 24.3 Å². The first-order chi connectivity index (χ1) is 9.55. The van der Waals surface area contributed by atoms with Crippen molar-refractivity contribution >= 4 is 17.0 Å². The average Bonchev–Trinajstić information content (AvgIpc) is 2.77. The fourth-order valence-corrected chi connectivity index (χ4v) is 3.28. The lowest BCUT2D eigenvalue weighted by Crippen LogP contribution is -2.08. The Labute approximate surface area is 123 Å². The minimum atomic E-state index is 0.152. The first-order valence-corrected chi connectivity index (χ1v) is 7.28. The molecule has 20 heavy (non-hydrogen) atoms. The summed E-state index contributed by atoms with van der Waals surface area (Å²) in [5.41, 5.74) is 2.71. The van der Waals surface area contributed by atoms with Crippen LogP contribution in [0.4, 0.5) is 5.69 Å². The molecule has 4 heteroatoms. The molecule has 2 aromatic rings. The van der Waals surface area contributed by atoms with E-state index in [4.69, 9.17) is 4.74 Å². The highest BCUT2D eigenvalue weighted by molar-refractivity contribution is 7.12. The van der Waals surface area contributed by atoms with Crippen LogP contribution in [-0.2, 0) is 0 Å². The van der Waals surface area contributed by atoms with Gasteiger partial charge >= 0.3 is 0 Å². The van der Waals surface area contributed by atoms with E-state index in [9.17, 15) is 5.26 Å². The second-order valence-electron chi connectivity index (χ2n) is 4.76. The van der Waals surface area contributed by atoms with Crippen LogP contribution in [0.25, 0.3) is 0 Å². The molecule has 0 saturated heterocycles. The summed E-state index contributed by atoms with van der Waals surface area (Å²) < 4.78 is 5.22. The van der Waals surface area contributed by atoms with Gasteiger partial charge in [-0.05, 0) is 44.5 Å². The smallest absolute Gasteiger partial charge is 0.121 e. The van der Waals surface area contributed by atoms with Crippen molar-refractivity contribution < 1.29 is 4.74 Å². The van der Waals surface area contributed by atoms with Crippen molar-refractivity contribution in [2.75, 3.05) is 12.4 Å². The Morgan fingerprint density at radius 3 is 2.60 bits per heavy atom. The maximum Gasteiger partial charge on any atom is 0.121 e. The lowest BCUT2D eigenvalue weighted by atomic mass is 10.1. The van der Waals surface area contributed by atoms with Crippen molar-refractivity contribution in [1.82, 2.24) is 0 Å². The number of nitrogens with one attached hydrogen (secondary N) is 1. The minimum absolute atomic E-state index is 0.152. The van der Waals surface area contributed by atoms with Gasteiger partial charge in [0.1, 0.15) is 11.8 Å². The first-order valence-electron chi connectivity index (χ1n) is 6.46. The third-order valence-corrected chi connectivity index (χ3v) is 4.25. The van der Waals surface area contributed by atoms with Crippen molar-refractivity contribution in [3.05, 3.63) is 45.1 Å². The normalized spacial score (nSPS) is 11.8. The number of benzene rings is 1. The zero-order valence-electron chi connectivity index (χ0n) is 12.2. The molecule has 0 bridgehead atoms. The Hall–Kier alpha value is -1.99. The summed E-state index contributed by atoms with van der Waals surface area (Å²) in [4.78, 5) is 2.61. The molecule has 0 fully saturated rings. The standard InChI is InChI=1S/C16H18N2OS/c1-10-7-15(12(3)20-10)11(2)18-16-8-14(19-4)6-5-13(16)9-17/h5-8,11,18H,1-4H3. The fourth-order valence-electron chi connectivity index (χ4n) is 2.26. The molecule has 1 aromatic heterocycles. The summed E-state index contributed by atoms with van der Waals surface area (Å²) in [5.74, 6) is 0.747. The quantitative estimate of drug-likeness (QED) is 0.905. The topological polar surface area (TPSA) is 45.0 Å². The van der Waals surface area contributed by atoms with Gasteiger partial charge in [-0.2, -0.15) is 5.26 Å². The van der Waals surface area contributed by atoms with Crippen molar-refractivity contribution in [2.45, 2.75) is 26.8 Å². The number of nitriles is 1. The van der Waals surface area contributed by atoms with Crippen LogP contribution >= 0.6 is 11.3 Å². The van der Waals surface area contributed by atoms with E-state index in [1.54, 1.807) is 30.6 Å². The molecule has 0 amide bonds. The van der Waals surface area contributed by atoms with Crippen molar-refractivity contribution in [1.29, 1.82) is 5.26 Å². The zero-order valence-corrected chi connectivity index (χ0v) is 13.0. The molecule has 1 N–H and O–H groups in total. The van der Waals surface area contributed by atoms with Crippen LogP contribution in [0.2, 0.25) is 0 Å². The predicted molar refractivity (Wildman–Crippen MR) is 83.5 cm³/mol. The number of hydrogen-bond donors (Lipinski definition) is 1. The largest absolute Gasteiger partial charge is 0.497 e. The highest BCUT2D eigenvalue weighted by atomic mass is 32.1. The lowest BCUT2D eigenvalue weighted by Gasteiger charge is -2.17. The van der Waals surface area contributed by atoms with E-state index in [0.29, 0.717) is 5.56 Å². The Morgan fingerprint density at radius 1 is 1.30 bits per heavy atom. The summed E-state index contributed by atoms with van der Waals surface area (Å²) in [6, 6.07) is 10.0. The van der Waals surface area contributed by atoms with Crippen LogP contribution in [0.5, 0.6) is 5.75 Å². The average molecular weight is 286 g/mol. The number of aryl methyl sites for hydroxylation is 2. The molecule has 3 nitrogen and oxygen atoms in total. The molecule has 0 aliphatic heterocycles. The van der Waals surface area contributed by atoms with E-state index >= 15 is 0 Å². The van der Waals surface area contributed by atoms with E-state index in [1.165, 1.54) is 15.3 Å². The van der Waals surface area contributed by atoms with Gasteiger partial charge in [0.05, 0.1) is 18.4 Å². The number of methoxy groups -OCH3 is 1. The van der Waals surface area contributed by atoms with Gasteiger partial charge in [-0.15, -0.1) is 11.3 Å². The Kier molecular flexibility index (Phi) is 4.31. The lowest BCUT2D eigenvalue weighted by molar-refractivity contribution is 0.415. The van der Waals surface area contributed by atoms with Gasteiger partial charge in [-0.25, -0.2) is 0 Å². The number of thiophene rings is 1. The molecular weight excluding hydrogens is 268 g/mol. The molecule has 1 atom stereocenters. The molecule has 0 radical (unpaired) electrons. The minimum Gasteiger partial charge on any atom is -0.497 e. The third-order valence-electron chi connectivity index (χ3n) is 3.27. The van der Waals surface area contributed by atoms with Gasteiger partial charge in [0.2, 0.25) is 0 Å². The van der Waals surface area contributed by atoms with E-state index in [0.717, 1.165) is 11.4 Å². The van der Waals surface area contributed by atoms with Gasteiger partial charge in [0, 0.05) is 21.9 Å². The summed E-state index contributed by atoms with van der Waals surface area (Å²) in [7, 11) is 1.63. The van der Waals surface area contributed by atoms with Crippen LogP contribution in [0, 0.1) is 25.2 Å². The summed E-state index contributed by atoms with van der Waals surface area (Å²) in [5, 5.41) is 12.6. The monoisotopic (exact) mass is 286 g/mol. The van der Waals surface area contributed by atoms with Crippen molar-refractivity contribution in [3.8, 4) is 11.8 Å². The molecule has 1 heterocycles. The van der Waals surface area contributed by atoms with Gasteiger partial charge in [0.25, 0.3) is 0 Å². The van der Waals surface area contributed by atoms with Gasteiger partial charge in [0.15, 0.2) is 0 Å². The van der Waals surface area contributed by atoms with Crippen LogP contribution in [0.3, 0.4) is 0 Å². The van der Waals surface area contributed by atoms with Gasteiger partial charge in [-0.1, -0.05) is 0 Å². The predicted octanol–water partition coefficient (Wildman–Crippen LogP) is 4.42. The van der Waals surface area contributed by atoms with E-state index < -0.39 is 0 Å². The molecule has 0 aliphatic rings. The first kappa shape index (κ1) is 14.4. The molecule has 0 aliphatic carbocycles. The highest BCUT2D eigenvalue weighted by Gasteiger charge is 2.13. The Balaban J connectivity index is 2.29. The fraction of sp³-hybridized carbons (Fsp3) is 0.312. The number of nitrogens with zero attached hydrogens (tertiary/aromatic N) is 1. The Bertz CT molecular complexity index is 655. The molecule has 104 valence electrons. The van der Waals surface area contributed by atoms with Gasteiger partial charge in [-0.3, -0.25) is 0 Å². The molecule has 1 aromatic carbocycles. The molecule has 0 saturated carbocycles. The van der Waals surface area contributed by atoms with Crippen LogP contribution in [0.1, 0.15) is 33.8 Å². The third kappa shape index (κ3) is 2.94. The zero-order chi connectivity index (χ0) is 14.7. The molecule has 0 spiro atoms. The van der Waals surface area contributed by atoms with E-state index in [1.807, 2.05) is 6.07 Å². The highest BCUT2D eigenvalue weighted by Crippen LogP contribution is 2.30. The SMILES string of the molecule is COc1ccc(C#N)c(NC(C)c2cc(C)sc2C)c1. The number of ether oxygens (including phenoxy) is 1. The summed E-state index contributed by atoms with van der Waals surface area (Å²) >= 11 is 1.80. The van der Waals surface area contributed by atoms with Crippen LogP contribution in [-0.4, -0.2) is 7.11 Å². The van der Waals surface area contributed by atoms with Crippen molar-refractivity contribution in [3.63, 3.8) is 0 Å². The summed E-state index contributed by atoms with van der Waals surface area (Å²) in [6.07, 6.45) is 0. The maximum absolute atomic E-state index is 9.20. The number of rotatable bonds is 4. The second kappa shape index (κ2) is 5.98. The molecule has 1 unspecified atom stereocenters. The Morgan fingerprint density at radius 2 is 2.05 bits per heavy atom. The van der Waals surface area contributed by atoms with Gasteiger partial charge < -0.3 is 10.1 Å². The second-order valence-corrected chi connectivity index (χ2v) is 6.22. The number of anilines is 1. The van der Waals surface area contributed by atoms with Crippen LogP contribution < -0.4 is 10.1 Å². The van der Waals surface area contributed by atoms with E-state index in [-0.39, 0.29) is 6.04 Å². The summed E-state index contributed by atoms with van der Waals surface area (Å²) in [6.45, 7) is 6.34. The molecule has 2 rings (SSSR count). The molecular formula is C16H18N2OS. The van der Waals surface area contributed by atoms with Crippen molar-refractivity contribution in [2.24, 2.45) is 0 Å². The van der Waals surface area contributed by atoms with E-state index in [2.05, 4.69) is 38.2 Å². The number of hydrogen-bond acceptors (Lipinski definition) is 4.